The molecule has 69 heavy (non-hydrogen) atoms. The average molecular weight is 1020 g/mol. The predicted octanol–water partition coefficient (Wildman–Crippen LogP) is -4.33. The van der Waals surface area contributed by atoms with E-state index < -0.39 is 80.8 Å². The molecule has 7 rings (SSSR count). The number of carbonyl (C=O) groups is 4. The Kier molecular flexibility index (Phi) is 18.9. The van der Waals surface area contributed by atoms with E-state index in [1.54, 1.807) is 0 Å². The summed E-state index contributed by atoms with van der Waals surface area (Å²) in [5, 5.41) is 31.3. The van der Waals surface area contributed by atoms with Crippen molar-refractivity contribution in [2.24, 2.45) is 30.7 Å². The maximum atomic E-state index is 13.1. The third-order valence-electron chi connectivity index (χ3n) is 9.53. The van der Waals surface area contributed by atoms with E-state index in [4.69, 9.17) is 0 Å². The van der Waals surface area contributed by atoms with Crippen LogP contribution in [0.25, 0.3) is 0 Å². The second kappa shape index (κ2) is 23.0. The fraction of sp³-hybridized carbons (Fsp3) is 0.100. The Labute approximate surface area is 459 Å². The second-order valence-corrected chi connectivity index (χ2v) is 18.2. The summed E-state index contributed by atoms with van der Waals surface area (Å²) < 4.78 is 104. The third-order valence-corrected chi connectivity index (χ3v) is 12.1. The van der Waals surface area contributed by atoms with Crippen molar-refractivity contribution < 1.29 is 147 Å². The van der Waals surface area contributed by atoms with Crippen molar-refractivity contribution in [3.05, 3.63) is 126 Å². The Hall–Kier alpha value is -4.75. The topological polar surface area (TPSA) is 345 Å². The van der Waals surface area contributed by atoms with Gasteiger partial charge in [-0.15, -0.1) is 0 Å². The molecule has 2 aliphatic rings. The molecule has 4 amide bonds. The number of benzene rings is 5. The molecule has 2 aliphatic heterocycles. The van der Waals surface area contributed by atoms with E-state index in [-0.39, 0.29) is 145 Å². The number of amides is 4. The second-order valence-electron chi connectivity index (χ2n) is 14.1. The summed E-state index contributed by atoms with van der Waals surface area (Å²) in [7, 11) is -14.6. The smallest absolute Gasteiger partial charge is 0.744 e. The van der Waals surface area contributed by atoms with Gasteiger partial charge in [-0.3, -0.25) is 19.2 Å². The molecule has 0 aliphatic carbocycles. The van der Waals surface area contributed by atoms with Crippen LogP contribution >= 0.6 is 0 Å². The normalized spacial score (nSPS) is 16.1. The number of azo groups is 2. The van der Waals surface area contributed by atoms with Crippen LogP contribution in [0.5, 0.6) is 0 Å². The van der Waals surface area contributed by atoms with E-state index in [1.165, 1.54) is 92.7 Å². The summed E-state index contributed by atoms with van der Waals surface area (Å²) in [5.41, 5.74) is 0.964. The first kappa shape index (κ1) is 56.8. The average Bonchev–Trinajstić information content (AvgIpc) is 3.72. The van der Waals surface area contributed by atoms with Crippen LogP contribution in [0.3, 0.4) is 0 Å². The summed E-state index contributed by atoms with van der Waals surface area (Å²) in [6.07, 6.45) is 0. The van der Waals surface area contributed by atoms with Crippen LogP contribution in [-0.4, -0.2) is 86.0 Å². The van der Waals surface area contributed by atoms with Gasteiger partial charge in [-0.05, 0) is 129 Å². The van der Waals surface area contributed by atoms with Crippen molar-refractivity contribution in [3.8, 4) is 0 Å². The Balaban J connectivity index is 0.00000346. The number of nitrogens with one attached hydrogen (secondary N) is 2. The quantitative estimate of drug-likeness (QED) is 0.0641. The first-order valence-electron chi connectivity index (χ1n) is 18.7. The molecule has 29 heteroatoms. The van der Waals surface area contributed by atoms with E-state index in [0.29, 0.717) is 0 Å². The Morgan fingerprint density at radius 1 is 0.536 bits per heavy atom. The van der Waals surface area contributed by atoms with Crippen LogP contribution in [0, 0.1) is 0 Å². The third kappa shape index (κ3) is 13.6. The molecule has 0 saturated carbocycles. The van der Waals surface area contributed by atoms with Crippen LogP contribution in [0.1, 0.15) is 34.6 Å². The molecular weight excluding hydrogens is 994 g/mol. The van der Waals surface area contributed by atoms with Crippen LogP contribution in [0.4, 0.5) is 34.1 Å². The van der Waals surface area contributed by atoms with Gasteiger partial charge in [0.2, 0.25) is 0 Å². The first-order chi connectivity index (χ1) is 31.1. The van der Waals surface area contributed by atoms with E-state index in [0.717, 1.165) is 46.4 Å². The maximum absolute atomic E-state index is 13.1. The molecule has 0 fully saturated rings. The number of nitrogens with zero attached hydrogens (tertiary/aromatic N) is 8. The Morgan fingerprint density at radius 2 is 0.913 bits per heavy atom. The van der Waals surface area contributed by atoms with Gasteiger partial charge in [-0.1, -0.05) is 0 Å². The number of anilines is 4. The maximum Gasteiger partial charge on any atom is 1.00 e. The molecule has 0 saturated heterocycles. The number of hydrazone groups is 2. The summed E-state index contributed by atoms with van der Waals surface area (Å²) in [4.78, 5) is 50.4. The molecule has 2 atom stereocenters. The minimum absolute atomic E-state index is 0. The molecular formula is C40H29N10Na3O13S3. The van der Waals surface area contributed by atoms with Gasteiger partial charge in [0.05, 0.1) is 54.5 Å². The largest absolute Gasteiger partial charge is 1.00 e. The SMILES string of the molecule is CC1=NN(c2ccc(S(=O)(=O)[O-])cc2)C(=O)C1N=Nc1ccc(C(=O)Nc2ccc(NC(=O)c3ccc(N=NC4C(=O)N(c5ccc(S(=O)(=O)[O-])cc5)N=C4C)cc3)c(S(=O)(=O)[O-])c2)cc1.[Na+].[Na+].[Na+]. The van der Waals surface area contributed by atoms with E-state index >= 15 is 0 Å². The van der Waals surface area contributed by atoms with E-state index in [1.807, 2.05) is 0 Å². The van der Waals surface area contributed by atoms with Crippen molar-refractivity contribution >= 4 is 99.5 Å². The Bertz CT molecular complexity index is 3290. The van der Waals surface area contributed by atoms with Gasteiger partial charge in [-0.25, -0.2) is 25.3 Å². The fourth-order valence-corrected chi connectivity index (χ4v) is 7.77. The van der Waals surface area contributed by atoms with Gasteiger partial charge in [-0.2, -0.15) is 40.7 Å². The Morgan fingerprint density at radius 3 is 1.28 bits per heavy atom. The molecule has 0 aromatic heterocycles. The predicted molar refractivity (Wildman–Crippen MR) is 230 cm³/mol. The summed E-state index contributed by atoms with van der Waals surface area (Å²) in [5.74, 6) is -2.74. The standard InChI is InChI=1S/C40H32N10O13S3.3Na/c1-22-35(39(53)49(47-22)29-12-16-31(17-13-29)64(55,56)57)45-43-26-7-3-24(4-8-26)37(51)41-28-11-20-33(34(21-28)66(61,62)63)42-38(52)25-5-9-27(10-6-25)44-46-36-23(2)48-50(40(36)54)30-14-18-32(19-15-30)65(58,59)60;;;/h3-21,35-36H,1-2H3,(H,41,51)(H,42,52)(H,55,56,57)(H,58,59,60)(H,61,62,63);;;/q;3*+1/p-3. The van der Waals surface area contributed by atoms with E-state index in [9.17, 15) is 58.1 Å². The molecule has 2 N–H and O–H groups in total. The minimum Gasteiger partial charge on any atom is -0.744 e. The molecule has 0 bridgehead atoms. The minimum atomic E-state index is -5.21. The fourth-order valence-electron chi connectivity index (χ4n) is 6.17. The van der Waals surface area contributed by atoms with E-state index in [2.05, 4.69) is 41.3 Å². The molecule has 5 aromatic carbocycles. The number of hydrogen-bond donors (Lipinski definition) is 2. The van der Waals surface area contributed by atoms with Crippen molar-refractivity contribution in [1.82, 2.24) is 0 Å². The van der Waals surface area contributed by atoms with Gasteiger partial charge in [0.1, 0.15) is 30.4 Å². The molecule has 0 spiro atoms. The van der Waals surface area contributed by atoms with Crippen LogP contribution < -0.4 is 109 Å². The summed E-state index contributed by atoms with van der Waals surface area (Å²) >= 11 is 0. The monoisotopic (exact) mass is 1020 g/mol. The molecule has 338 valence electrons. The van der Waals surface area contributed by atoms with Gasteiger partial charge in [0, 0.05) is 16.8 Å². The number of rotatable bonds is 13. The number of carbonyl (C=O) groups excluding carboxylic acids is 4. The van der Waals surface area contributed by atoms with Gasteiger partial charge in [0.25, 0.3) is 23.6 Å². The first-order valence-corrected chi connectivity index (χ1v) is 22.9. The molecule has 23 nitrogen and oxygen atoms in total. The van der Waals surface area contributed by atoms with Crippen molar-refractivity contribution in [1.29, 1.82) is 0 Å². The van der Waals surface area contributed by atoms with Crippen LogP contribution in [0.15, 0.2) is 161 Å². The van der Waals surface area contributed by atoms with Crippen molar-refractivity contribution in [3.63, 3.8) is 0 Å². The molecule has 2 heterocycles. The van der Waals surface area contributed by atoms with Crippen molar-refractivity contribution in [2.75, 3.05) is 20.7 Å². The molecule has 5 aromatic rings. The number of hydrogen-bond acceptors (Lipinski definition) is 19. The van der Waals surface area contributed by atoms with Gasteiger partial charge >= 0.3 is 88.7 Å². The van der Waals surface area contributed by atoms with Gasteiger partial charge in [0.15, 0.2) is 12.1 Å². The van der Waals surface area contributed by atoms with Crippen LogP contribution in [-0.2, 0) is 39.9 Å². The van der Waals surface area contributed by atoms with Gasteiger partial charge < -0.3 is 24.3 Å². The van der Waals surface area contributed by atoms with Crippen molar-refractivity contribution in [2.45, 2.75) is 40.6 Å². The zero-order valence-corrected chi connectivity index (χ0v) is 45.2. The summed E-state index contributed by atoms with van der Waals surface area (Å²) in [6, 6.07) is 21.1. The zero-order chi connectivity index (χ0) is 47.7. The molecule has 0 radical (unpaired) electrons. The summed E-state index contributed by atoms with van der Waals surface area (Å²) in [6.45, 7) is 3.06. The molecule has 2 unspecified atom stereocenters. The zero-order valence-electron chi connectivity index (χ0n) is 36.7. The van der Waals surface area contributed by atoms with Crippen LogP contribution in [0.2, 0.25) is 0 Å².